The smallest absolute Gasteiger partial charge is 0.485 e. The highest BCUT2D eigenvalue weighted by Gasteiger charge is 2.36. The van der Waals surface area contributed by atoms with E-state index in [-0.39, 0.29) is 0 Å². The summed E-state index contributed by atoms with van der Waals surface area (Å²) in [4.78, 5) is 0. The van der Waals surface area contributed by atoms with Crippen LogP contribution in [0.25, 0.3) is 10.9 Å². The number of halogens is 3. The van der Waals surface area contributed by atoms with Crippen molar-refractivity contribution in [2.75, 3.05) is 0 Å². The molecular weight excluding hydrogens is 391 g/mol. The molecule has 0 unspecified atom stereocenters. The highest BCUT2D eigenvalue weighted by Crippen LogP contribution is 2.20. The molecule has 0 amide bonds. The van der Waals surface area contributed by atoms with Gasteiger partial charge in [0.1, 0.15) is 0 Å². The fourth-order valence-corrected chi connectivity index (χ4v) is 2.21. The number of hydrogen-bond acceptors (Lipinski definition) is 3. The van der Waals surface area contributed by atoms with E-state index in [1.54, 1.807) is 0 Å². The molecule has 1 heterocycles. The molecule has 0 spiro atoms. The van der Waals surface area contributed by atoms with E-state index in [4.69, 9.17) is 19.4 Å². The summed E-state index contributed by atoms with van der Waals surface area (Å²) in [6.07, 6.45) is 9.43. The van der Waals surface area contributed by atoms with Gasteiger partial charge in [-0.05, 0) is 18.6 Å². The van der Waals surface area contributed by atoms with Gasteiger partial charge in [-0.2, -0.15) is 17.7 Å². The third kappa shape index (κ3) is 7.22. The molecule has 150 valence electrons. The van der Waals surface area contributed by atoms with Crippen LogP contribution >= 0.6 is 0 Å². The number of unbranched alkanes of at least 4 members (excludes halogenated alkanes) is 2. The summed E-state index contributed by atoms with van der Waals surface area (Å²) in [5.41, 5.74) is -3.40. The van der Waals surface area contributed by atoms with Crippen molar-refractivity contribution in [3.63, 3.8) is 0 Å². The molecule has 0 saturated carbocycles. The number of hydrogen-bond donors (Lipinski definition) is 0. The van der Waals surface area contributed by atoms with Crippen molar-refractivity contribution in [1.29, 1.82) is 0 Å². The number of alkyl halides is 3. The van der Waals surface area contributed by atoms with E-state index in [9.17, 15) is 13.2 Å². The summed E-state index contributed by atoms with van der Waals surface area (Å²) < 4.78 is 61.1. The number of aryl methyl sites for hydroxylation is 1. The molecule has 0 radical (unpaired) electrons. The number of nitrogens with zero attached hydrogens (tertiary/aromatic N) is 1. The first-order chi connectivity index (χ1) is 13.1. The van der Waals surface area contributed by atoms with Gasteiger partial charge in [0.05, 0.1) is 6.42 Å². The molecule has 0 fully saturated rings. The Bertz CT molecular complexity index is 997. The molecule has 0 saturated heterocycles. The highest BCUT2D eigenvalue weighted by molar-refractivity contribution is 7.86. The van der Waals surface area contributed by atoms with Gasteiger partial charge in [0.25, 0.3) is 5.69 Å². The Morgan fingerprint density at radius 1 is 1.14 bits per heavy atom. The van der Waals surface area contributed by atoms with Crippen molar-refractivity contribution < 1.29 is 30.7 Å². The van der Waals surface area contributed by atoms with E-state index in [2.05, 4.69) is 65.7 Å². The van der Waals surface area contributed by atoms with Crippen LogP contribution in [0.3, 0.4) is 0 Å². The molecule has 8 heteroatoms. The Hall–Kier alpha value is -2.55. The lowest BCUT2D eigenvalue weighted by Gasteiger charge is -2.08. The predicted molar refractivity (Wildman–Crippen MR) is 99.7 cm³/mol. The standard InChI is InChI=1S/C19H20N.CHF3O3S/c1-3-5-7-8-12-18-15-14-17-11-9-10-13-19(17)20(18)16-6-4-2;2-1(3,4)8(5,6)7/h2,9-11,13-15H,3,5-7,16H2,1H3;(H,5,6,7)/q+1;/p-1. The second-order valence-electron chi connectivity index (χ2n) is 5.69. The maximum Gasteiger partial charge on any atom is 0.485 e. The van der Waals surface area contributed by atoms with Crippen LogP contribution in [0.4, 0.5) is 13.2 Å². The summed E-state index contributed by atoms with van der Waals surface area (Å²) in [5, 5.41) is 1.23. The highest BCUT2D eigenvalue weighted by atomic mass is 32.2. The third-order valence-corrected chi connectivity index (χ3v) is 4.14. The predicted octanol–water partition coefficient (Wildman–Crippen LogP) is 3.74. The van der Waals surface area contributed by atoms with Gasteiger partial charge < -0.3 is 4.55 Å². The maximum absolute atomic E-state index is 10.7. The number of rotatable bonds is 4. The van der Waals surface area contributed by atoms with Gasteiger partial charge in [-0.3, -0.25) is 0 Å². The fourth-order valence-electron chi connectivity index (χ4n) is 2.21. The van der Waals surface area contributed by atoms with Crippen LogP contribution in [0.2, 0.25) is 0 Å². The zero-order valence-corrected chi connectivity index (χ0v) is 16.1. The van der Waals surface area contributed by atoms with E-state index in [0.717, 1.165) is 31.5 Å². The minimum atomic E-state index is -6.09. The Labute approximate surface area is 163 Å². The van der Waals surface area contributed by atoms with Gasteiger partial charge in [0, 0.05) is 29.9 Å². The molecule has 2 aromatic rings. The number of aromatic nitrogens is 1. The maximum atomic E-state index is 10.7. The number of pyridine rings is 1. The normalized spacial score (nSPS) is 11.0. The third-order valence-electron chi connectivity index (χ3n) is 3.57. The van der Waals surface area contributed by atoms with Crippen LogP contribution in [0.5, 0.6) is 0 Å². The number of terminal acetylenes is 1. The van der Waals surface area contributed by atoms with Crippen molar-refractivity contribution in [3.05, 3.63) is 42.1 Å². The SMILES string of the molecule is C#CCC[n+]1c(C#CCCCC)ccc2ccccc21.O=S(=O)([O-])C(F)(F)F. The molecule has 0 aliphatic rings. The van der Waals surface area contributed by atoms with E-state index < -0.39 is 15.6 Å². The summed E-state index contributed by atoms with van der Waals surface area (Å²) in [6.45, 7) is 3.00. The monoisotopic (exact) mass is 411 g/mol. The first-order valence-corrected chi connectivity index (χ1v) is 9.88. The summed E-state index contributed by atoms with van der Waals surface area (Å²) >= 11 is 0. The van der Waals surface area contributed by atoms with Crippen LogP contribution in [-0.4, -0.2) is 18.5 Å². The van der Waals surface area contributed by atoms with Crippen LogP contribution in [0.1, 0.15) is 38.3 Å². The Balaban J connectivity index is 0.000000416. The van der Waals surface area contributed by atoms with Crippen LogP contribution in [0.15, 0.2) is 36.4 Å². The summed E-state index contributed by atoms with van der Waals surface area (Å²) in [5.74, 6) is 9.27. The lowest BCUT2D eigenvalue weighted by molar-refractivity contribution is -0.672. The topological polar surface area (TPSA) is 61.1 Å². The largest absolute Gasteiger partial charge is 0.741 e. The minimum absolute atomic E-state index is 0.725. The molecule has 1 aromatic carbocycles. The van der Waals surface area contributed by atoms with Crippen LogP contribution in [-0.2, 0) is 16.7 Å². The van der Waals surface area contributed by atoms with E-state index >= 15 is 0 Å². The van der Waals surface area contributed by atoms with Crippen LogP contribution in [0, 0.1) is 24.2 Å². The van der Waals surface area contributed by atoms with Gasteiger partial charge in [0.2, 0.25) is 5.52 Å². The Morgan fingerprint density at radius 3 is 2.36 bits per heavy atom. The molecule has 0 N–H and O–H groups in total. The van der Waals surface area contributed by atoms with Crippen molar-refractivity contribution in [1.82, 2.24) is 0 Å². The first-order valence-electron chi connectivity index (χ1n) is 8.48. The molecule has 2 rings (SSSR count). The van der Waals surface area contributed by atoms with Gasteiger partial charge in [-0.15, -0.1) is 12.3 Å². The van der Waals surface area contributed by atoms with Crippen LogP contribution < -0.4 is 4.57 Å². The van der Waals surface area contributed by atoms with Gasteiger partial charge in [-0.1, -0.05) is 31.4 Å². The Kier molecular flexibility index (Phi) is 8.98. The molecule has 0 atom stereocenters. The van der Waals surface area contributed by atoms with Crippen molar-refractivity contribution in [2.45, 2.75) is 44.7 Å². The lowest BCUT2D eigenvalue weighted by atomic mass is 10.1. The molecule has 1 aromatic heterocycles. The summed E-state index contributed by atoms with van der Waals surface area (Å²) in [7, 11) is -6.09. The quantitative estimate of drug-likeness (QED) is 0.253. The van der Waals surface area contributed by atoms with Gasteiger partial charge >= 0.3 is 5.51 Å². The van der Waals surface area contributed by atoms with Crippen molar-refractivity contribution >= 4 is 21.0 Å². The Morgan fingerprint density at radius 2 is 1.79 bits per heavy atom. The van der Waals surface area contributed by atoms with Crippen molar-refractivity contribution in [3.8, 4) is 24.2 Å². The molecule has 28 heavy (non-hydrogen) atoms. The van der Waals surface area contributed by atoms with Crippen molar-refractivity contribution in [2.24, 2.45) is 0 Å². The lowest BCUT2D eigenvalue weighted by Crippen LogP contribution is -2.38. The first kappa shape index (κ1) is 23.5. The number of fused-ring (bicyclic) bond motifs is 1. The second kappa shape index (κ2) is 10.7. The summed E-state index contributed by atoms with van der Waals surface area (Å²) in [6, 6.07) is 12.6. The molecular formula is C20H20F3NO3S. The van der Waals surface area contributed by atoms with Gasteiger partial charge in [0.15, 0.2) is 16.7 Å². The molecule has 0 aliphatic carbocycles. The average molecular weight is 411 g/mol. The zero-order valence-electron chi connectivity index (χ0n) is 15.3. The molecule has 0 aliphatic heterocycles. The zero-order chi connectivity index (χ0) is 21.2. The fraction of sp³-hybridized carbons (Fsp3) is 0.350. The molecule has 4 nitrogen and oxygen atoms in total. The van der Waals surface area contributed by atoms with E-state index in [0.29, 0.717) is 0 Å². The number of benzene rings is 1. The van der Waals surface area contributed by atoms with Gasteiger partial charge in [-0.25, -0.2) is 8.42 Å². The second-order valence-corrected chi connectivity index (χ2v) is 7.06. The minimum Gasteiger partial charge on any atom is -0.741 e. The number of para-hydroxylation sites is 1. The average Bonchev–Trinajstić information content (AvgIpc) is 2.63. The van der Waals surface area contributed by atoms with E-state index in [1.165, 1.54) is 17.3 Å². The molecule has 0 bridgehead atoms. The van der Waals surface area contributed by atoms with E-state index in [1.807, 2.05) is 0 Å².